The highest BCUT2D eigenvalue weighted by molar-refractivity contribution is 8.00. The molecule has 5 nitrogen and oxygen atoms in total. The van der Waals surface area contributed by atoms with Crippen molar-refractivity contribution in [3.63, 3.8) is 0 Å². The summed E-state index contributed by atoms with van der Waals surface area (Å²) in [6.45, 7) is 0. The van der Waals surface area contributed by atoms with Crippen molar-refractivity contribution in [1.82, 2.24) is 0 Å². The Kier molecular flexibility index (Phi) is 5.35. The first-order valence-corrected chi connectivity index (χ1v) is 7.44. The van der Waals surface area contributed by atoms with Crippen molar-refractivity contribution >= 4 is 40.6 Å². The Morgan fingerprint density at radius 2 is 1.95 bits per heavy atom. The molecule has 0 saturated heterocycles. The fourth-order valence-electron chi connectivity index (χ4n) is 1.59. The Labute approximate surface area is 134 Å². The minimum atomic E-state index is -0.570. The maximum absolute atomic E-state index is 12.8. The van der Waals surface area contributed by atoms with E-state index in [1.165, 1.54) is 42.1 Å². The highest BCUT2D eigenvalue weighted by atomic mass is 35.5. The fourth-order valence-corrected chi connectivity index (χ4v) is 2.45. The summed E-state index contributed by atoms with van der Waals surface area (Å²) in [5.41, 5.74) is 0.0199. The highest BCUT2D eigenvalue weighted by Crippen LogP contribution is 2.27. The number of nitrogens with zero attached hydrogens (tertiary/aromatic N) is 1. The molecule has 1 amide bonds. The number of benzene rings is 2. The molecule has 0 fully saturated rings. The molecular weight excluding hydrogens is 331 g/mol. The number of amides is 1. The molecule has 8 heteroatoms. The molecule has 0 aliphatic heterocycles. The first-order valence-electron chi connectivity index (χ1n) is 6.08. The van der Waals surface area contributed by atoms with Crippen LogP contribution in [0.5, 0.6) is 0 Å². The van der Waals surface area contributed by atoms with E-state index in [1.54, 1.807) is 12.1 Å². The summed E-state index contributed by atoms with van der Waals surface area (Å²) >= 11 is 7.11. The van der Waals surface area contributed by atoms with Crippen LogP contribution in [0.3, 0.4) is 0 Å². The van der Waals surface area contributed by atoms with Gasteiger partial charge in [-0.05, 0) is 30.3 Å². The van der Waals surface area contributed by atoms with Crippen LogP contribution in [0.25, 0.3) is 0 Å². The molecule has 2 aromatic carbocycles. The smallest absolute Gasteiger partial charge is 0.271 e. The van der Waals surface area contributed by atoms with E-state index in [2.05, 4.69) is 5.32 Å². The van der Waals surface area contributed by atoms with Gasteiger partial charge in [0.15, 0.2) is 0 Å². The molecule has 0 aromatic heterocycles. The van der Waals surface area contributed by atoms with Crippen LogP contribution in [0, 0.1) is 15.9 Å². The van der Waals surface area contributed by atoms with E-state index in [0.717, 1.165) is 4.90 Å². The van der Waals surface area contributed by atoms with E-state index < -0.39 is 4.92 Å². The number of hydrogen-bond acceptors (Lipinski definition) is 4. The second-order valence-electron chi connectivity index (χ2n) is 4.21. The summed E-state index contributed by atoms with van der Waals surface area (Å²) in [6.07, 6.45) is 0. The van der Waals surface area contributed by atoms with E-state index in [-0.39, 0.29) is 33.9 Å². The number of nitro groups is 1. The lowest BCUT2D eigenvalue weighted by Crippen LogP contribution is -2.14. The summed E-state index contributed by atoms with van der Waals surface area (Å²) in [6, 6.07) is 9.53. The maximum atomic E-state index is 12.8. The molecular formula is C14H10ClFN2O3S. The van der Waals surface area contributed by atoms with Gasteiger partial charge in [0.05, 0.1) is 21.4 Å². The molecule has 0 bridgehead atoms. The third-order valence-electron chi connectivity index (χ3n) is 2.62. The lowest BCUT2D eigenvalue weighted by atomic mass is 10.3. The van der Waals surface area contributed by atoms with Crippen molar-refractivity contribution < 1.29 is 14.1 Å². The Morgan fingerprint density at radius 1 is 1.27 bits per heavy atom. The predicted molar refractivity (Wildman–Crippen MR) is 83.9 cm³/mol. The molecule has 114 valence electrons. The maximum Gasteiger partial charge on any atom is 0.271 e. The van der Waals surface area contributed by atoms with Crippen molar-refractivity contribution in [1.29, 1.82) is 0 Å². The molecule has 0 spiro atoms. The molecule has 0 heterocycles. The van der Waals surface area contributed by atoms with Crippen LogP contribution in [0.2, 0.25) is 5.02 Å². The Bertz CT molecular complexity index is 710. The van der Waals surface area contributed by atoms with Crippen molar-refractivity contribution in [3.05, 3.63) is 63.4 Å². The minimum Gasteiger partial charge on any atom is -0.324 e. The van der Waals surface area contributed by atoms with Crippen LogP contribution in [-0.2, 0) is 4.79 Å². The van der Waals surface area contributed by atoms with Gasteiger partial charge in [-0.3, -0.25) is 14.9 Å². The van der Waals surface area contributed by atoms with Gasteiger partial charge in [0.2, 0.25) is 5.91 Å². The number of carbonyl (C=O) groups excluding carboxylic acids is 1. The SMILES string of the molecule is O=C(CSc1ccc(F)cc1)Nc1cc([N+](=O)[O-])ccc1Cl. The number of carbonyl (C=O) groups is 1. The molecule has 0 atom stereocenters. The zero-order chi connectivity index (χ0) is 16.1. The Balaban J connectivity index is 1.98. The molecule has 0 unspecified atom stereocenters. The quantitative estimate of drug-likeness (QED) is 0.505. The van der Waals surface area contributed by atoms with E-state index in [0.29, 0.717) is 0 Å². The van der Waals surface area contributed by atoms with Gasteiger partial charge in [0.1, 0.15) is 5.82 Å². The zero-order valence-electron chi connectivity index (χ0n) is 11.1. The molecule has 1 N–H and O–H groups in total. The fraction of sp³-hybridized carbons (Fsp3) is 0.0714. The van der Waals surface area contributed by atoms with Gasteiger partial charge in [-0.25, -0.2) is 4.39 Å². The van der Waals surface area contributed by atoms with Crippen molar-refractivity contribution in [2.24, 2.45) is 0 Å². The normalized spacial score (nSPS) is 10.3. The van der Waals surface area contributed by atoms with Gasteiger partial charge in [-0.1, -0.05) is 11.6 Å². The standard InChI is InChI=1S/C14H10ClFN2O3S/c15-12-6-3-10(18(20)21)7-13(12)17-14(19)8-22-11-4-1-9(16)2-5-11/h1-7H,8H2,(H,17,19). The average molecular weight is 341 g/mol. The summed E-state index contributed by atoms with van der Waals surface area (Å²) in [5, 5.41) is 13.4. The predicted octanol–water partition coefficient (Wildman–Crippen LogP) is 4.12. The molecule has 0 saturated carbocycles. The van der Waals surface area contributed by atoms with Crippen molar-refractivity contribution in [2.75, 3.05) is 11.1 Å². The molecule has 2 aromatic rings. The number of halogens is 2. The Morgan fingerprint density at radius 3 is 2.59 bits per heavy atom. The minimum absolute atomic E-state index is 0.0741. The summed E-state index contributed by atoms with van der Waals surface area (Å²) in [7, 11) is 0. The summed E-state index contributed by atoms with van der Waals surface area (Å²) in [4.78, 5) is 22.7. The summed E-state index contributed by atoms with van der Waals surface area (Å²) in [5.74, 6) is -0.640. The van der Waals surface area contributed by atoms with E-state index >= 15 is 0 Å². The van der Waals surface area contributed by atoms with Gasteiger partial charge < -0.3 is 5.32 Å². The van der Waals surface area contributed by atoms with Gasteiger partial charge >= 0.3 is 0 Å². The first kappa shape index (κ1) is 16.3. The monoisotopic (exact) mass is 340 g/mol. The molecule has 22 heavy (non-hydrogen) atoms. The second kappa shape index (κ2) is 7.24. The number of rotatable bonds is 5. The summed E-state index contributed by atoms with van der Waals surface area (Å²) < 4.78 is 12.8. The number of non-ortho nitro benzene ring substituents is 1. The number of anilines is 1. The van der Waals surface area contributed by atoms with Crippen LogP contribution in [0.4, 0.5) is 15.8 Å². The number of thioether (sulfide) groups is 1. The van der Waals surface area contributed by atoms with Gasteiger partial charge in [-0.15, -0.1) is 11.8 Å². The highest BCUT2D eigenvalue weighted by Gasteiger charge is 2.12. The third kappa shape index (κ3) is 4.44. The van der Waals surface area contributed by atoms with E-state index in [1.807, 2.05) is 0 Å². The largest absolute Gasteiger partial charge is 0.324 e. The molecule has 0 aliphatic rings. The van der Waals surface area contributed by atoms with Crippen LogP contribution in [0.15, 0.2) is 47.4 Å². The second-order valence-corrected chi connectivity index (χ2v) is 5.67. The number of nitro benzene ring substituents is 1. The first-order chi connectivity index (χ1) is 10.5. The van der Waals surface area contributed by atoms with E-state index in [9.17, 15) is 19.3 Å². The van der Waals surface area contributed by atoms with Gasteiger partial charge in [-0.2, -0.15) is 0 Å². The van der Waals surface area contributed by atoms with Crippen LogP contribution < -0.4 is 5.32 Å². The van der Waals surface area contributed by atoms with Crippen molar-refractivity contribution in [2.45, 2.75) is 4.90 Å². The molecule has 2 rings (SSSR count). The average Bonchev–Trinajstić information content (AvgIpc) is 2.48. The number of hydrogen-bond donors (Lipinski definition) is 1. The number of nitrogens with one attached hydrogen (secondary N) is 1. The lowest BCUT2D eigenvalue weighted by molar-refractivity contribution is -0.384. The molecule has 0 radical (unpaired) electrons. The van der Waals surface area contributed by atoms with Crippen molar-refractivity contribution in [3.8, 4) is 0 Å². The molecule has 0 aliphatic carbocycles. The lowest BCUT2D eigenvalue weighted by Gasteiger charge is -2.07. The van der Waals surface area contributed by atoms with Crippen LogP contribution in [0.1, 0.15) is 0 Å². The Hall–Kier alpha value is -2.12. The third-order valence-corrected chi connectivity index (χ3v) is 3.96. The van der Waals surface area contributed by atoms with Gasteiger partial charge in [0, 0.05) is 17.0 Å². The topological polar surface area (TPSA) is 72.2 Å². The zero-order valence-corrected chi connectivity index (χ0v) is 12.7. The van der Waals surface area contributed by atoms with Gasteiger partial charge in [0.25, 0.3) is 5.69 Å². The van der Waals surface area contributed by atoms with E-state index in [4.69, 9.17) is 11.6 Å². The van der Waals surface area contributed by atoms with Crippen LogP contribution >= 0.6 is 23.4 Å². The van der Waals surface area contributed by atoms with Crippen LogP contribution in [-0.4, -0.2) is 16.6 Å².